The monoisotopic (exact) mass is 248 g/mol. The summed E-state index contributed by atoms with van der Waals surface area (Å²) in [5.41, 5.74) is 2.80. The van der Waals surface area contributed by atoms with Crippen molar-refractivity contribution in [1.82, 2.24) is 0 Å². The summed E-state index contributed by atoms with van der Waals surface area (Å²) >= 11 is 0. The second-order valence-corrected chi connectivity index (χ2v) is 5.71. The maximum absolute atomic E-state index is 5.81. The van der Waals surface area contributed by atoms with Gasteiger partial charge in [0.25, 0.3) is 0 Å². The largest absolute Gasteiger partial charge is 0.494 e. The minimum atomic E-state index is 0.639. The number of rotatable bonds is 7. The summed E-state index contributed by atoms with van der Waals surface area (Å²) in [6, 6.07) is 6.52. The molecule has 0 saturated heterocycles. The first kappa shape index (κ1) is 15.1. The molecule has 0 radical (unpaired) electrons. The molecule has 0 N–H and O–H groups in total. The number of ether oxygens (including phenoxy) is 1. The second kappa shape index (κ2) is 7.45. The lowest BCUT2D eigenvalue weighted by molar-refractivity contribution is 0.297. The predicted octanol–water partition coefficient (Wildman–Crippen LogP) is 5.32. The topological polar surface area (TPSA) is 9.23 Å². The van der Waals surface area contributed by atoms with Crippen LogP contribution in [0.15, 0.2) is 18.2 Å². The first-order valence-corrected chi connectivity index (χ1v) is 7.28. The van der Waals surface area contributed by atoms with Crippen LogP contribution in [0.5, 0.6) is 5.75 Å². The van der Waals surface area contributed by atoms with Gasteiger partial charge in [0.05, 0.1) is 6.61 Å². The van der Waals surface area contributed by atoms with Gasteiger partial charge >= 0.3 is 0 Å². The normalized spacial score (nSPS) is 12.8. The van der Waals surface area contributed by atoms with Crippen LogP contribution in [0, 0.1) is 12.8 Å². The highest BCUT2D eigenvalue weighted by Gasteiger charge is 2.07. The Morgan fingerprint density at radius 1 is 1.17 bits per heavy atom. The van der Waals surface area contributed by atoms with Gasteiger partial charge in [0.2, 0.25) is 0 Å². The molecule has 0 spiro atoms. The van der Waals surface area contributed by atoms with Crippen molar-refractivity contribution in [2.24, 2.45) is 5.92 Å². The molecule has 1 aromatic rings. The molecule has 0 amide bonds. The van der Waals surface area contributed by atoms with Crippen molar-refractivity contribution in [2.75, 3.05) is 6.61 Å². The van der Waals surface area contributed by atoms with Gasteiger partial charge in [-0.1, -0.05) is 33.8 Å². The highest BCUT2D eigenvalue weighted by molar-refractivity contribution is 5.36. The summed E-state index contributed by atoms with van der Waals surface area (Å²) < 4.78 is 5.81. The fourth-order valence-corrected chi connectivity index (χ4v) is 2.19. The smallest absolute Gasteiger partial charge is 0.119 e. The molecule has 0 aliphatic carbocycles. The van der Waals surface area contributed by atoms with E-state index in [1.54, 1.807) is 0 Å². The van der Waals surface area contributed by atoms with E-state index in [9.17, 15) is 0 Å². The minimum absolute atomic E-state index is 0.639. The van der Waals surface area contributed by atoms with Crippen LogP contribution in [0.4, 0.5) is 0 Å². The summed E-state index contributed by atoms with van der Waals surface area (Å²) in [4.78, 5) is 0. The minimum Gasteiger partial charge on any atom is -0.494 e. The summed E-state index contributed by atoms with van der Waals surface area (Å²) in [5, 5.41) is 0. The zero-order valence-electron chi connectivity index (χ0n) is 12.6. The third-order valence-corrected chi connectivity index (χ3v) is 3.58. The molecule has 0 heterocycles. The Kier molecular flexibility index (Phi) is 6.24. The molecule has 0 saturated carbocycles. The molecule has 1 unspecified atom stereocenters. The second-order valence-electron chi connectivity index (χ2n) is 5.71. The van der Waals surface area contributed by atoms with Crippen LogP contribution in [0.25, 0.3) is 0 Å². The van der Waals surface area contributed by atoms with E-state index in [2.05, 4.69) is 52.8 Å². The Balaban J connectivity index is 2.51. The number of hydrogen-bond donors (Lipinski definition) is 0. The molecular weight excluding hydrogens is 220 g/mol. The highest BCUT2D eigenvalue weighted by atomic mass is 16.5. The fourth-order valence-electron chi connectivity index (χ4n) is 2.19. The van der Waals surface area contributed by atoms with E-state index in [1.807, 2.05) is 0 Å². The molecule has 102 valence electrons. The zero-order chi connectivity index (χ0) is 13.5. The van der Waals surface area contributed by atoms with E-state index < -0.39 is 0 Å². The van der Waals surface area contributed by atoms with Gasteiger partial charge in [-0.15, -0.1) is 0 Å². The van der Waals surface area contributed by atoms with Gasteiger partial charge in [0.1, 0.15) is 5.75 Å². The van der Waals surface area contributed by atoms with E-state index in [0.717, 1.165) is 24.7 Å². The summed E-state index contributed by atoms with van der Waals surface area (Å²) in [6.07, 6.45) is 3.57. The Morgan fingerprint density at radius 3 is 2.44 bits per heavy atom. The van der Waals surface area contributed by atoms with E-state index >= 15 is 0 Å². The highest BCUT2D eigenvalue weighted by Crippen LogP contribution is 2.25. The van der Waals surface area contributed by atoms with E-state index in [0.29, 0.717) is 5.92 Å². The molecular formula is C17H28O. The molecule has 1 heteroatoms. The quantitative estimate of drug-likeness (QED) is 0.593. The van der Waals surface area contributed by atoms with Crippen LogP contribution < -0.4 is 4.74 Å². The molecule has 1 aromatic carbocycles. The summed E-state index contributed by atoms with van der Waals surface area (Å²) in [7, 11) is 0. The first-order chi connectivity index (χ1) is 8.54. The van der Waals surface area contributed by atoms with Crippen LogP contribution in [-0.2, 0) is 0 Å². The average Bonchev–Trinajstić information content (AvgIpc) is 2.33. The predicted molar refractivity (Wildman–Crippen MR) is 79.5 cm³/mol. The van der Waals surface area contributed by atoms with Gasteiger partial charge in [-0.05, 0) is 61.3 Å². The Bertz CT molecular complexity index is 355. The molecule has 18 heavy (non-hydrogen) atoms. The van der Waals surface area contributed by atoms with E-state index in [-0.39, 0.29) is 0 Å². The van der Waals surface area contributed by atoms with Gasteiger partial charge < -0.3 is 4.74 Å². The molecule has 0 aliphatic heterocycles. The molecule has 1 atom stereocenters. The van der Waals surface area contributed by atoms with E-state index in [1.165, 1.54) is 24.0 Å². The molecule has 0 aromatic heterocycles. The standard InChI is InChI=1S/C17H28O/c1-6-14(4)17-10-9-16(12-15(17)5)18-11-7-8-13(2)3/h9-10,12-14H,6-8,11H2,1-5H3. The summed E-state index contributed by atoms with van der Waals surface area (Å²) in [5.74, 6) is 2.42. The van der Waals surface area contributed by atoms with Crippen molar-refractivity contribution < 1.29 is 4.74 Å². The molecule has 0 aliphatic rings. The van der Waals surface area contributed by atoms with Crippen molar-refractivity contribution in [3.8, 4) is 5.75 Å². The third-order valence-electron chi connectivity index (χ3n) is 3.58. The van der Waals surface area contributed by atoms with Crippen molar-refractivity contribution in [3.05, 3.63) is 29.3 Å². The Labute approximate surface area is 113 Å². The van der Waals surface area contributed by atoms with Crippen molar-refractivity contribution in [2.45, 2.75) is 59.8 Å². The van der Waals surface area contributed by atoms with Gasteiger partial charge in [-0.25, -0.2) is 0 Å². The number of hydrogen-bond acceptors (Lipinski definition) is 1. The average molecular weight is 248 g/mol. The Hall–Kier alpha value is -0.980. The van der Waals surface area contributed by atoms with Crippen LogP contribution in [0.3, 0.4) is 0 Å². The van der Waals surface area contributed by atoms with Crippen LogP contribution in [0.1, 0.15) is 64.0 Å². The zero-order valence-corrected chi connectivity index (χ0v) is 12.6. The van der Waals surface area contributed by atoms with Crippen molar-refractivity contribution in [1.29, 1.82) is 0 Å². The maximum Gasteiger partial charge on any atom is 0.119 e. The third kappa shape index (κ3) is 4.72. The molecule has 0 fully saturated rings. The molecule has 1 rings (SSSR count). The van der Waals surface area contributed by atoms with Crippen molar-refractivity contribution in [3.63, 3.8) is 0 Å². The van der Waals surface area contributed by atoms with Crippen LogP contribution in [0.2, 0.25) is 0 Å². The van der Waals surface area contributed by atoms with E-state index in [4.69, 9.17) is 4.74 Å². The van der Waals surface area contributed by atoms with Gasteiger partial charge in [0, 0.05) is 0 Å². The fraction of sp³-hybridized carbons (Fsp3) is 0.647. The summed E-state index contributed by atoms with van der Waals surface area (Å²) in [6.45, 7) is 12.0. The SMILES string of the molecule is CCC(C)c1ccc(OCCCC(C)C)cc1C. The number of aryl methyl sites for hydroxylation is 1. The van der Waals surface area contributed by atoms with Gasteiger partial charge in [-0.2, -0.15) is 0 Å². The lowest BCUT2D eigenvalue weighted by Gasteiger charge is -2.14. The van der Waals surface area contributed by atoms with Gasteiger partial charge in [-0.3, -0.25) is 0 Å². The van der Waals surface area contributed by atoms with Crippen LogP contribution in [-0.4, -0.2) is 6.61 Å². The lowest BCUT2D eigenvalue weighted by Crippen LogP contribution is -2.01. The van der Waals surface area contributed by atoms with Gasteiger partial charge in [0.15, 0.2) is 0 Å². The maximum atomic E-state index is 5.81. The lowest BCUT2D eigenvalue weighted by atomic mass is 9.94. The van der Waals surface area contributed by atoms with Crippen LogP contribution >= 0.6 is 0 Å². The molecule has 1 nitrogen and oxygen atoms in total. The molecule has 0 bridgehead atoms. The van der Waals surface area contributed by atoms with Crippen molar-refractivity contribution >= 4 is 0 Å². The first-order valence-electron chi connectivity index (χ1n) is 7.28. The number of benzene rings is 1. The Morgan fingerprint density at radius 2 is 1.89 bits per heavy atom.